The van der Waals surface area contributed by atoms with E-state index in [0.29, 0.717) is 23.9 Å². The molecule has 1 aliphatic carbocycles. The minimum atomic E-state index is 0.330. The first-order valence-corrected chi connectivity index (χ1v) is 12.3. The average Bonchev–Trinajstić information content (AvgIpc) is 3.46. The van der Waals surface area contributed by atoms with Gasteiger partial charge in [-0.1, -0.05) is 0 Å². The molecule has 1 unspecified atom stereocenters. The smallest absolute Gasteiger partial charge is 0.225 e. The van der Waals surface area contributed by atoms with Crippen LogP contribution in [0.4, 0.5) is 0 Å². The number of nitrogens with zero attached hydrogens (tertiary/aromatic N) is 5. The Hall–Kier alpha value is -1.44. The first kappa shape index (κ1) is 22.7. The van der Waals surface area contributed by atoms with Gasteiger partial charge in [-0.25, -0.2) is 0 Å². The van der Waals surface area contributed by atoms with Gasteiger partial charge in [0.1, 0.15) is 0 Å². The SMILES string of the molecule is CCn1nc(C)c(CN(C)CCN(C2CCOCC2)C2CCN(C(=O)C3CC3)C2)c1C. The van der Waals surface area contributed by atoms with Gasteiger partial charge in [-0.15, -0.1) is 0 Å². The zero-order valence-electron chi connectivity index (χ0n) is 20.0. The van der Waals surface area contributed by atoms with Gasteiger partial charge in [0.25, 0.3) is 0 Å². The Morgan fingerprint density at radius 2 is 1.84 bits per heavy atom. The fourth-order valence-corrected chi connectivity index (χ4v) is 5.39. The quantitative estimate of drug-likeness (QED) is 0.601. The molecule has 1 aromatic heterocycles. The van der Waals surface area contributed by atoms with Crippen molar-refractivity contribution in [2.75, 3.05) is 46.4 Å². The Morgan fingerprint density at radius 3 is 2.48 bits per heavy atom. The second-order valence-corrected chi connectivity index (χ2v) is 9.79. The Balaban J connectivity index is 1.37. The molecule has 0 N–H and O–H groups in total. The minimum Gasteiger partial charge on any atom is -0.381 e. The molecule has 3 fully saturated rings. The summed E-state index contributed by atoms with van der Waals surface area (Å²) in [6.07, 6.45) is 5.53. The van der Waals surface area contributed by atoms with Crippen molar-refractivity contribution in [1.82, 2.24) is 24.5 Å². The normalized spacial score (nSPS) is 22.8. The highest BCUT2D eigenvalue weighted by Gasteiger charge is 2.39. The molecular weight excluding hydrogens is 390 g/mol. The van der Waals surface area contributed by atoms with E-state index in [-0.39, 0.29) is 0 Å². The van der Waals surface area contributed by atoms with Gasteiger partial charge < -0.3 is 14.5 Å². The number of ether oxygens (including phenoxy) is 1. The van der Waals surface area contributed by atoms with Crippen LogP contribution in [0.5, 0.6) is 0 Å². The summed E-state index contributed by atoms with van der Waals surface area (Å²) >= 11 is 0. The van der Waals surface area contributed by atoms with E-state index in [4.69, 9.17) is 4.74 Å². The molecule has 31 heavy (non-hydrogen) atoms. The van der Waals surface area contributed by atoms with Gasteiger partial charge in [-0.3, -0.25) is 14.4 Å². The highest BCUT2D eigenvalue weighted by Crippen LogP contribution is 2.33. The number of hydrogen-bond donors (Lipinski definition) is 0. The number of carbonyl (C=O) groups is 1. The largest absolute Gasteiger partial charge is 0.381 e. The number of rotatable bonds is 9. The molecule has 4 rings (SSSR count). The van der Waals surface area contributed by atoms with Gasteiger partial charge in [-0.05, 0) is 59.9 Å². The van der Waals surface area contributed by atoms with Crippen molar-refractivity contribution in [3.05, 3.63) is 17.0 Å². The highest BCUT2D eigenvalue weighted by molar-refractivity contribution is 5.81. The topological polar surface area (TPSA) is 53.8 Å². The molecule has 1 atom stereocenters. The van der Waals surface area contributed by atoms with Crippen LogP contribution in [0, 0.1) is 19.8 Å². The second-order valence-electron chi connectivity index (χ2n) is 9.79. The maximum atomic E-state index is 12.6. The number of aromatic nitrogens is 2. The second kappa shape index (κ2) is 10.0. The summed E-state index contributed by atoms with van der Waals surface area (Å²) in [6, 6.07) is 1.07. The van der Waals surface area contributed by atoms with E-state index >= 15 is 0 Å². The van der Waals surface area contributed by atoms with Crippen molar-refractivity contribution in [3.63, 3.8) is 0 Å². The monoisotopic (exact) mass is 431 g/mol. The molecule has 7 heteroatoms. The van der Waals surface area contributed by atoms with Crippen molar-refractivity contribution in [1.29, 1.82) is 0 Å². The molecule has 1 saturated carbocycles. The molecule has 2 aliphatic heterocycles. The summed E-state index contributed by atoms with van der Waals surface area (Å²) in [5, 5.41) is 4.69. The van der Waals surface area contributed by atoms with Crippen molar-refractivity contribution in [3.8, 4) is 0 Å². The van der Waals surface area contributed by atoms with Gasteiger partial charge in [0.2, 0.25) is 5.91 Å². The molecule has 174 valence electrons. The molecule has 3 heterocycles. The number of carbonyl (C=O) groups excluding carboxylic acids is 1. The van der Waals surface area contributed by atoms with Crippen molar-refractivity contribution in [2.45, 2.75) is 78.0 Å². The van der Waals surface area contributed by atoms with Gasteiger partial charge in [0, 0.05) is 81.7 Å². The first-order valence-electron chi connectivity index (χ1n) is 12.3. The molecule has 2 saturated heterocycles. The molecule has 1 aromatic rings. The zero-order chi connectivity index (χ0) is 22.0. The van der Waals surface area contributed by atoms with Crippen LogP contribution in [-0.4, -0.2) is 88.9 Å². The Bertz CT molecular complexity index is 753. The summed E-state index contributed by atoms with van der Waals surface area (Å²) in [6.45, 7) is 14.0. The molecule has 0 aromatic carbocycles. The summed E-state index contributed by atoms with van der Waals surface area (Å²) in [7, 11) is 2.22. The van der Waals surface area contributed by atoms with E-state index in [2.05, 4.69) is 52.3 Å². The van der Waals surface area contributed by atoms with Gasteiger partial charge in [-0.2, -0.15) is 5.10 Å². The van der Waals surface area contributed by atoms with Crippen LogP contribution >= 0.6 is 0 Å². The lowest BCUT2D eigenvalue weighted by Gasteiger charge is -2.39. The molecule has 0 bridgehead atoms. The molecule has 0 spiro atoms. The van der Waals surface area contributed by atoms with Crippen LogP contribution in [0.1, 0.15) is 56.0 Å². The minimum absolute atomic E-state index is 0.330. The first-order chi connectivity index (χ1) is 15.0. The lowest BCUT2D eigenvalue weighted by Crippen LogP contribution is -2.49. The molecule has 3 aliphatic rings. The Morgan fingerprint density at radius 1 is 1.10 bits per heavy atom. The standard InChI is InChI=1S/C24H41N5O2/c1-5-29-19(3)23(18(2)25-29)17-26(4)12-13-28(21-9-14-31-15-10-21)22-8-11-27(16-22)24(30)20-6-7-20/h20-22H,5-17H2,1-4H3. The summed E-state index contributed by atoms with van der Waals surface area (Å²) in [5.74, 6) is 0.738. The van der Waals surface area contributed by atoms with Crippen LogP contribution in [0.25, 0.3) is 0 Å². The third-order valence-electron chi connectivity index (χ3n) is 7.53. The third-order valence-corrected chi connectivity index (χ3v) is 7.53. The number of likely N-dealkylation sites (N-methyl/N-ethyl adjacent to an activating group) is 1. The summed E-state index contributed by atoms with van der Waals surface area (Å²) in [4.78, 5) is 19.9. The number of aryl methyl sites for hydroxylation is 2. The molecule has 0 radical (unpaired) electrons. The Labute approximate surface area is 187 Å². The zero-order valence-corrected chi connectivity index (χ0v) is 20.0. The maximum absolute atomic E-state index is 12.6. The summed E-state index contributed by atoms with van der Waals surface area (Å²) in [5.41, 5.74) is 3.81. The van der Waals surface area contributed by atoms with E-state index in [9.17, 15) is 4.79 Å². The van der Waals surface area contributed by atoms with Gasteiger partial charge in [0.15, 0.2) is 0 Å². The van der Waals surface area contributed by atoms with Crippen LogP contribution in [0.2, 0.25) is 0 Å². The summed E-state index contributed by atoms with van der Waals surface area (Å²) < 4.78 is 7.75. The van der Waals surface area contributed by atoms with Gasteiger partial charge >= 0.3 is 0 Å². The van der Waals surface area contributed by atoms with E-state index in [1.54, 1.807) is 0 Å². The molecule has 7 nitrogen and oxygen atoms in total. The van der Waals surface area contributed by atoms with Crippen LogP contribution in [0.15, 0.2) is 0 Å². The predicted molar refractivity (Wildman–Crippen MR) is 122 cm³/mol. The molecule has 1 amide bonds. The fraction of sp³-hybridized carbons (Fsp3) is 0.833. The van der Waals surface area contributed by atoms with E-state index in [0.717, 1.165) is 90.3 Å². The number of hydrogen-bond acceptors (Lipinski definition) is 5. The number of likely N-dealkylation sites (tertiary alicyclic amines) is 1. The van der Waals surface area contributed by atoms with Crippen LogP contribution in [0.3, 0.4) is 0 Å². The third kappa shape index (κ3) is 5.32. The van der Waals surface area contributed by atoms with Crippen LogP contribution < -0.4 is 0 Å². The number of amides is 1. The average molecular weight is 432 g/mol. The highest BCUT2D eigenvalue weighted by atomic mass is 16.5. The van der Waals surface area contributed by atoms with Crippen molar-refractivity contribution >= 4 is 5.91 Å². The van der Waals surface area contributed by atoms with E-state index < -0.39 is 0 Å². The van der Waals surface area contributed by atoms with Crippen LogP contribution in [-0.2, 0) is 22.6 Å². The fourth-order valence-electron chi connectivity index (χ4n) is 5.39. The Kier molecular flexibility index (Phi) is 7.34. The van der Waals surface area contributed by atoms with Crippen molar-refractivity contribution < 1.29 is 9.53 Å². The lowest BCUT2D eigenvalue weighted by atomic mass is 10.0. The molecular formula is C24H41N5O2. The maximum Gasteiger partial charge on any atom is 0.225 e. The van der Waals surface area contributed by atoms with E-state index in [1.165, 1.54) is 11.3 Å². The predicted octanol–water partition coefficient (Wildman–Crippen LogP) is 2.44. The van der Waals surface area contributed by atoms with Crippen molar-refractivity contribution in [2.24, 2.45) is 5.92 Å². The lowest BCUT2D eigenvalue weighted by molar-refractivity contribution is -0.131. The van der Waals surface area contributed by atoms with Gasteiger partial charge in [0.05, 0.1) is 5.69 Å². The van der Waals surface area contributed by atoms with E-state index in [1.807, 2.05) is 0 Å².